The van der Waals surface area contributed by atoms with E-state index >= 15 is 0 Å². The summed E-state index contributed by atoms with van der Waals surface area (Å²) in [5.74, 6) is 0. The van der Waals surface area contributed by atoms with E-state index in [0.29, 0.717) is 26.3 Å². The summed E-state index contributed by atoms with van der Waals surface area (Å²) in [6.45, 7) is 0. The molecule has 5 heteroatoms. The summed E-state index contributed by atoms with van der Waals surface area (Å²) in [6, 6.07) is 3.14. The normalized spacial score (nSPS) is 17.1. The Balaban J connectivity index is 2.18. The summed E-state index contributed by atoms with van der Waals surface area (Å²) < 4.78 is 0. The molecule has 1 aromatic carbocycles. The van der Waals surface area contributed by atoms with Crippen molar-refractivity contribution in [2.45, 2.75) is 31.3 Å². The van der Waals surface area contributed by atoms with Crippen molar-refractivity contribution in [3.05, 3.63) is 32.8 Å². The number of carbonyl (C=O) groups is 1. The molecular weight excluding hydrogens is 297 g/mol. The summed E-state index contributed by atoms with van der Waals surface area (Å²) in [5, 5.41) is 1.18. The van der Waals surface area contributed by atoms with Crippen molar-refractivity contribution >= 4 is 48.9 Å². The van der Waals surface area contributed by atoms with Crippen LogP contribution in [0.25, 0.3) is 0 Å². The van der Waals surface area contributed by atoms with Gasteiger partial charge >= 0.3 is 0 Å². The second kappa shape index (κ2) is 5.89. The van der Waals surface area contributed by atoms with Crippen LogP contribution in [0.2, 0.25) is 15.1 Å². The van der Waals surface area contributed by atoms with Crippen molar-refractivity contribution in [3.63, 3.8) is 0 Å². The van der Waals surface area contributed by atoms with Gasteiger partial charge in [-0.05, 0) is 39.2 Å². The van der Waals surface area contributed by atoms with E-state index < -0.39 is 0 Å². The Labute approximate surface area is 118 Å². The maximum atomic E-state index is 12.2. The first kappa shape index (κ1) is 13.6. The molecule has 1 atom stereocenters. The second-order valence-corrected chi connectivity index (χ2v) is 7.01. The molecule has 1 nitrogen and oxygen atoms in total. The maximum Gasteiger partial charge on any atom is 0.184 e. The van der Waals surface area contributed by atoms with Gasteiger partial charge in [-0.15, -0.1) is 0 Å². The first-order valence-electron chi connectivity index (χ1n) is 5.53. The number of carbonyl (C=O) groups excluding carboxylic acids is 1. The molecular formula is C12H12Cl3OP. The molecule has 0 heterocycles. The molecule has 0 amide bonds. The third-order valence-electron chi connectivity index (χ3n) is 2.92. The van der Waals surface area contributed by atoms with Crippen molar-refractivity contribution in [2.75, 3.05) is 0 Å². The van der Waals surface area contributed by atoms with Crippen molar-refractivity contribution in [3.8, 4) is 0 Å². The average molecular weight is 310 g/mol. The molecule has 1 unspecified atom stereocenters. The smallest absolute Gasteiger partial charge is 0.184 e. The van der Waals surface area contributed by atoms with Crippen LogP contribution in [0.15, 0.2) is 12.1 Å². The van der Waals surface area contributed by atoms with Crippen LogP contribution in [-0.4, -0.2) is 11.2 Å². The van der Waals surface area contributed by atoms with Crippen LogP contribution in [0.3, 0.4) is 0 Å². The van der Waals surface area contributed by atoms with Crippen molar-refractivity contribution in [1.82, 2.24) is 0 Å². The lowest BCUT2D eigenvalue weighted by Gasteiger charge is -2.10. The van der Waals surface area contributed by atoms with Crippen LogP contribution < -0.4 is 0 Å². The van der Waals surface area contributed by atoms with Crippen LogP contribution in [-0.2, 0) is 0 Å². The van der Waals surface area contributed by atoms with Gasteiger partial charge in [0.05, 0.1) is 15.6 Å². The Morgan fingerprint density at radius 3 is 2.18 bits per heavy atom. The predicted octanol–water partition coefficient (Wildman–Crippen LogP) is 5.41. The first-order chi connectivity index (χ1) is 8.08. The summed E-state index contributed by atoms with van der Waals surface area (Å²) in [5.41, 5.74) is 1.01. The molecule has 0 radical (unpaired) electrons. The number of benzene rings is 1. The summed E-state index contributed by atoms with van der Waals surface area (Å²) in [7, 11) is 0.276. The van der Waals surface area contributed by atoms with Crippen LogP contribution in [0.4, 0.5) is 0 Å². The molecule has 1 aliphatic rings. The fourth-order valence-electron chi connectivity index (χ4n) is 2.09. The van der Waals surface area contributed by atoms with Gasteiger partial charge in [-0.2, -0.15) is 0 Å². The number of hydrogen-bond donors (Lipinski definition) is 0. The first-order valence-corrected chi connectivity index (χ1v) is 7.74. The minimum absolute atomic E-state index is 0.0589. The molecule has 0 spiro atoms. The third kappa shape index (κ3) is 3.35. The van der Waals surface area contributed by atoms with Crippen molar-refractivity contribution in [2.24, 2.45) is 0 Å². The third-order valence-corrected chi connectivity index (χ3v) is 5.24. The van der Waals surface area contributed by atoms with Gasteiger partial charge in [-0.25, -0.2) is 0 Å². The summed E-state index contributed by atoms with van der Waals surface area (Å²) in [6.07, 6.45) is 4.75. The topological polar surface area (TPSA) is 17.1 Å². The van der Waals surface area contributed by atoms with E-state index in [4.69, 9.17) is 34.8 Å². The van der Waals surface area contributed by atoms with E-state index in [-0.39, 0.29) is 14.1 Å². The molecule has 2 rings (SSSR count). The number of rotatable bonds is 3. The molecule has 1 fully saturated rings. The highest BCUT2D eigenvalue weighted by Gasteiger charge is 2.22. The van der Waals surface area contributed by atoms with Crippen LogP contribution in [0.1, 0.15) is 36.0 Å². The predicted molar refractivity (Wildman–Crippen MR) is 76.4 cm³/mol. The Morgan fingerprint density at radius 1 is 1.12 bits per heavy atom. The lowest BCUT2D eigenvalue weighted by atomic mass is 10.2. The minimum Gasteiger partial charge on any atom is -0.289 e. The number of hydrogen-bond acceptors (Lipinski definition) is 1. The van der Waals surface area contributed by atoms with E-state index in [2.05, 4.69) is 0 Å². The average Bonchev–Trinajstić information content (AvgIpc) is 2.68. The van der Waals surface area contributed by atoms with Gasteiger partial charge in [0.2, 0.25) is 0 Å². The molecule has 1 aliphatic carbocycles. The molecule has 0 aromatic heterocycles. The van der Waals surface area contributed by atoms with Gasteiger partial charge < -0.3 is 0 Å². The monoisotopic (exact) mass is 308 g/mol. The van der Waals surface area contributed by atoms with Crippen LogP contribution in [0, 0.1) is 0 Å². The Hall–Kier alpha value is 0.190. The van der Waals surface area contributed by atoms with E-state index in [0.717, 1.165) is 12.8 Å². The van der Waals surface area contributed by atoms with Crippen molar-refractivity contribution < 1.29 is 4.79 Å². The Bertz CT molecular complexity index is 418. The van der Waals surface area contributed by atoms with Gasteiger partial charge in [0.15, 0.2) is 5.52 Å². The molecule has 0 saturated heterocycles. The molecule has 17 heavy (non-hydrogen) atoms. The maximum absolute atomic E-state index is 12.2. The molecule has 1 aromatic rings. The zero-order valence-corrected chi connectivity index (χ0v) is 12.4. The van der Waals surface area contributed by atoms with Gasteiger partial charge in [0.25, 0.3) is 0 Å². The SMILES string of the molecule is O=C(PC1CCCC1)c1c(Cl)cc(Cl)cc1Cl. The zero-order valence-electron chi connectivity index (χ0n) is 9.10. The van der Waals surface area contributed by atoms with E-state index in [1.807, 2.05) is 0 Å². The van der Waals surface area contributed by atoms with Gasteiger partial charge in [-0.3, -0.25) is 4.79 Å². The molecule has 0 bridgehead atoms. The van der Waals surface area contributed by atoms with Gasteiger partial charge in [0, 0.05) is 5.02 Å². The molecule has 92 valence electrons. The Kier molecular flexibility index (Phi) is 4.72. The van der Waals surface area contributed by atoms with E-state index in [1.54, 1.807) is 12.1 Å². The number of halogens is 3. The van der Waals surface area contributed by atoms with Crippen molar-refractivity contribution in [1.29, 1.82) is 0 Å². The highest BCUT2D eigenvalue weighted by Crippen LogP contribution is 2.40. The standard InChI is InChI=1S/C12H12Cl3OP/c13-7-5-9(14)11(10(15)6-7)12(16)17-8-3-1-2-4-8/h5-6,8,17H,1-4H2. The quantitative estimate of drug-likeness (QED) is 0.682. The molecule has 0 N–H and O–H groups in total. The lowest BCUT2D eigenvalue weighted by Crippen LogP contribution is -2.01. The van der Waals surface area contributed by atoms with Crippen LogP contribution in [0.5, 0.6) is 0 Å². The largest absolute Gasteiger partial charge is 0.289 e. The van der Waals surface area contributed by atoms with Gasteiger partial charge in [0.1, 0.15) is 0 Å². The molecule has 1 saturated carbocycles. The minimum atomic E-state index is 0.0589. The fourth-order valence-corrected chi connectivity index (χ4v) is 4.72. The fraction of sp³-hybridized carbons (Fsp3) is 0.417. The summed E-state index contributed by atoms with van der Waals surface area (Å²) >= 11 is 17.9. The highest BCUT2D eigenvalue weighted by molar-refractivity contribution is 7.59. The van der Waals surface area contributed by atoms with E-state index in [1.165, 1.54) is 12.8 Å². The highest BCUT2D eigenvalue weighted by atomic mass is 35.5. The van der Waals surface area contributed by atoms with Gasteiger partial charge in [-0.1, -0.05) is 47.6 Å². The molecule has 0 aliphatic heterocycles. The second-order valence-electron chi connectivity index (χ2n) is 4.20. The van der Waals surface area contributed by atoms with E-state index in [9.17, 15) is 4.79 Å². The zero-order chi connectivity index (χ0) is 12.4. The lowest BCUT2D eigenvalue weighted by molar-refractivity contribution is 0.108. The Morgan fingerprint density at radius 2 is 1.65 bits per heavy atom. The summed E-state index contributed by atoms with van der Waals surface area (Å²) in [4.78, 5) is 12.2. The van der Waals surface area contributed by atoms with Crippen LogP contribution >= 0.6 is 43.4 Å².